The van der Waals surface area contributed by atoms with E-state index in [1.165, 1.54) is 38.6 Å². The van der Waals surface area contributed by atoms with Crippen molar-refractivity contribution in [2.45, 2.75) is 57.7 Å². The minimum atomic E-state index is 0.495. The SMILES string of the molecule is CCNC(=NCc1cccc(N(C)C)n1)NC1CCN(C2CCCC2)C1. The van der Waals surface area contributed by atoms with Gasteiger partial charge in [0.15, 0.2) is 5.96 Å². The fourth-order valence-corrected chi connectivity index (χ4v) is 3.98. The molecule has 26 heavy (non-hydrogen) atoms. The molecule has 2 fully saturated rings. The third-order valence-corrected chi connectivity index (χ3v) is 5.40. The van der Waals surface area contributed by atoms with Gasteiger partial charge in [0.2, 0.25) is 0 Å². The first-order valence-corrected chi connectivity index (χ1v) is 10.1. The summed E-state index contributed by atoms with van der Waals surface area (Å²) in [6.07, 6.45) is 6.78. The molecule has 0 radical (unpaired) electrons. The monoisotopic (exact) mass is 358 g/mol. The molecule has 1 aromatic rings. The summed E-state index contributed by atoms with van der Waals surface area (Å²) in [5.41, 5.74) is 0.993. The van der Waals surface area contributed by atoms with E-state index in [4.69, 9.17) is 4.99 Å². The van der Waals surface area contributed by atoms with Crippen molar-refractivity contribution >= 4 is 11.8 Å². The van der Waals surface area contributed by atoms with Gasteiger partial charge < -0.3 is 15.5 Å². The Balaban J connectivity index is 1.56. The lowest BCUT2D eigenvalue weighted by Gasteiger charge is -2.24. The van der Waals surface area contributed by atoms with Gasteiger partial charge in [0, 0.05) is 45.8 Å². The topological polar surface area (TPSA) is 55.8 Å². The van der Waals surface area contributed by atoms with Gasteiger partial charge in [-0.2, -0.15) is 0 Å². The van der Waals surface area contributed by atoms with E-state index in [9.17, 15) is 0 Å². The molecule has 2 heterocycles. The van der Waals surface area contributed by atoms with Crippen LogP contribution in [0.1, 0.15) is 44.7 Å². The molecule has 6 heteroatoms. The largest absolute Gasteiger partial charge is 0.363 e. The Morgan fingerprint density at radius 2 is 2.08 bits per heavy atom. The fraction of sp³-hybridized carbons (Fsp3) is 0.700. The molecule has 1 saturated heterocycles. The zero-order valence-electron chi connectivity index (χ0n) is 16.5. The minimum absolute atomic E-state index is 0.495. The van der Waals surface area contributed by atoms with E-state index in [1.54, 1.807) is 0 Å². The number of nitrogens with zero attached hydrogens (tertiary/aromatic N) is 4. The Hall–Kier alpha value is -1.82. The summed E-state index contributed by atoms with van der Waals surface area (Å²) in [5.74, 6) is 1.88. The lowest BCUT2D eigenvalue weighted by molar-refractivity contribution is 0.242. The van der Waals surface area contributed by atoms with Crippen LogP contribution < -0.4 is 15.5 Å². The van der Waals surface area contributed by atoms with Crippen LogP contribution in [0.2, 0.25) is 0 Å². The van der Waals surface area contributed by atoms with Gasteiger partial charge in [-0.25, -0.2) is 9.98 Å². The second kappa shape index (κ2) is 9.21. The zero-order chi connectivity index (χ0) is 18.4. The Labute approximate surface area is 158 Å². The summed E-state index contributed by atoms with van der Waals surface area (Å²) in [6.45, 7) is 5.94. The molecule has 1 aliphatic heterocycles. The molecule has 0 bridgehead atoms. The highest BCUT2D eigenvalue weighted by molar-refractivity contribution is 5.80. The molecular formula is C20H34N6. The maximum Gasteiger partial charge on any atom is 0.191 e. The fourth-order valence-electron chi connectivity index (χ4n) is 3.98. The van der Waals surface area contributed by atoms with Crippen molar-refractivity contribution in [2.24, 2.45) is 4.99 Å². The van der Waals surface area contributed by atoms with E-state index in [0.29, 0.717) is 12.6 Å². The second-order valence-electron chi connectivity index (χ2n) is 7.64. The molecule has 1 saturated carbocycles. The Morgan fingerprint density at radius 3 is 2.81 bits per heavy atom. The number of hydrogen-bond donors (Lipinski definition) is 2. The molecule has 2 aliphatic rings. The molecule has 6 nitrogen and oxygen atoms in total. The Kier molecular flexibility index (Phi) is 6.72. The van der Waals surface area contributed by atoms with Crippen LogP contribution in [0.4, 0.5) is 5.82 Å². The maximum absolute atomic E-state index is 4.77. The van der Waals surface area contributed by atoms with Gasteiger partial charge in [-0.1, -0.05) is 18.9 Å². The number of pyridine rings is 1. The van der Waals surface area contributed by atoms with Crippen molar-refractivity contribution in [3.63, 3.8) is 0 Å². The van der Waals surface area contributed by atoms with Gasteiger partial charge in [0.05, 0.1) is 12.2 Å². The summed E-state index contributed by atoms with van der Waals surface area (Å²) >= 11 is 0. The standard InChI is InChI=1S/C20H34N6/c1-4-21-20(22-14-16-8-7-11-19(23-16)25(2)3)24-17-12-13-26(15-17)18-9-5-6-10-18/h7-8,11,17-18H,4-6,9-10,12-15H2,1-3H3,(H2,21,22,24). The maximum atomic E-state index is 4.77. The van der Waals surface area contributed by atoms with Crippen molar-refractivity contribution in [1.29, 1.82) is 0 Å². The normalized spacial score (nSPS) is 22.0. The lowest BCUT2D eigenvalue weighted by atomic mass is 10.2. The highest BCUT2D eigenvalue weighted by Crippen LogP contribution is 2.26. The summed E-state index contributed by atoms with van der Waals surface area (Å²) in [5, 5.41) is 7.02. The average Bonchev–Trinajstić information content (AvgIpc) is 3.31. The second-order valence-corrected chi connectivity index (χ2v) is 7.64. The van der Waals surface area contributed by atoms with Gasteiger partial charge >= 0.3 is 0 Å². The van der Waals surface area contributed by atoms with Gasteiger partial charge in [-0.05, 0) is 38.3 Å². The number of anilines is 1. The first kappa shape index (κ1) is 19.0. The van der Waals surface area contributed by atoms with Crippen LogP contribution in [0.15, 0.2) is 23.2 Å². The molecular weight excluding hydrogens is 324 g/mol. The summed E-state index contributed by atoms with van der Waals surface area (Å²) in [6, 6.07) is 7.42. The Bertz CT molecular complexity index is 594. The number of nitrogens with one attached hydrogen (secondary N) is 2. The van der Waals surface area contributed by atoms with Gasteiger partial charge in [0.1, 0.15) is 5.82 Å². The van der Waals surface area contributed by atoms with Gasteiger partial charge in [-0.15, -0.1) is 0 Å². The zero-order valence-corrected chi connectivity index (χ0v) is 16.5. The third-order valence-electron chi connectivity index (χ3n) is 5.40. The Morgan fingerprint density at radius 1 is 1.27 bits per heavy atom. The number of guanidine groups is 1. The van der Waals surface area contributed by atoms with E-state index in [0.717, 1.165) is 36.6 Å². The van der Waals surface area contributed by atoms with Crippen molar-refractivity contribution < 1.29 is 0 Å². The van der Waals surface area contributed by atoms with E-state index < -0.39 is 0 Å². The van der Waals surface area contributed by atoms with Crippen molar-refractivity contribution in [3.8, 4) is 0 Å². The van der Waals surface area contributed by atoms with Crippen molar-refractivity contribution in [1.82, 2.24) is 20.5 Å². The number of aromatic nitrogens is 1. The number of rotatable bonds is 6. The molecule has 0 aromatic carbocycles. The van der Waals surface area contributed by atoms with Crippen LogP contribution in [0.5, 0.6) is 0 Å². The number of likely N-dealkylation sites (tertiary alicyclic amines) is 1. The highest BCUT2D eigenvalue weighted by Gasteiger charge is 2.30. The van der Waals surface area contributed by atoms with E-state index >= 15 is 0 Å². The predicted molar refractivity (Wildman–Crippen MR) is 109 cm³/mol. The van der Waals surface area contributed by atoms with Crippen LogP contribution in [0, 0.1) is 0 Å². The van der Waals surface area contributed by atoms with Crippen LogP contribution >= 0.6 is 0 Å². The van der Waals surface area contributed by atoms with Crippen LogP contribution in [-0.4, -0.2) is 61.7 Å². The molecule has 144 valence electrons. The molecule has 1 atom stereocenters. The van der Waals surface area contributed by atoms with E-state index in [2.05, 4.69) is 27.4 Å². The average molecular weight is 359 g/mol. The van der Waals surface area contributed by atoms with Crippen molar-refractivity contribution in [2.75, 3.05) is 38.6 Å². The summed E-state index contributed by atoms with van der Waals surface area (Å²) in [4.78, 5) is 14.1. The smallest absolute Gasteiger partial charge is 0.191 e. The highest BCUT2D eigenvalue weighted by atomic mass is 15.3. The summed E-state index contributed by atoms with van der Waals surface area (Å²) < 4.78 is 0. The molecule has 0 spiro atoms. The van der Waals surface area contributed by atoms with Gasteiger partial charge in [0.25, 0.3) is 0 Å². The van der Waals surface area contributed by atoms with Crippen LogP contribution in [0.3, 0.4) is 0 Å². The third kappa shape index (κ3) is 5.10. The molecule has 1 aromatic heterocycles. The van der Waals surface area contributed by atoms with E-state index in [1.807, 2.05) is 37.2 Å². The molecule has 0 amide bonds. The molecule has 2 N–H and O–H groups in total. The van der Waals surface area contributed by atoms with E-state index in [-0.39, 0.29) is 0 Å². The number of aliphatic imine (C=N–C) groups is 1. The summed E-state index contributed by atoms with van der Waals surface area (Å²) in [7, 11) is 4.02. The quantitative estimate of drug-likeness (QED) is 0.603. The molecule has 3 rings (SSSR count). The van der Waals surface area contributed by atoms with Gasteiger partial charge in [-0.3, -0.25) is 4.90 Å². The molecule has 1 unspecified atom stereocenters. The number of hydrogen-bond acceptors (Lipinski definition) is 4. The first-order chi connectivity index (χ1) is 12.7. The van der Waals surface area contributed by atoms with Crippen molar-refractivity contribution in [3.05, 3.63) is 23.9 Å². The molecule has 1 aliphatic carbocycles. The lowest BCUT2D eigenvalue weighted by Crippen LogP contribution is -2.45. The first-order valence-electron chi connectivity index (χ1n) is 10.1. The minimum Gasteiger partial charge on any atom is -0.363 e. The van der Waals surface area contributed by atoms with Crippen LogP contribution in [-0.2, 0) is 6.54 Å². The van der Waals surface area contributed by atoms with Crippen LogP contribution in [0.25, 0.3) is 0 Å². The predicted octanol–water partition coefficient (Wildman–Crippen LogP) is 2.22.